The molecule has 0 bridgehead atoms. The molecule has 1 saturated carbocycles. The normalized spacial score (nSPS) is 20.6. The van der Waals surface area contributed by atoms with Crippen molar-refractivity contribution < 1.29 is 5.11 Å². The van der Waals surface area contributed by atoms with Crippen molar-refractivity contribution in [3.8, 4) is 0 Å². The van der Waals surface area contributed by atoms with Crippen LogP contribution in [0.25, 0.3) is 0 Å². The van der Waals surface area contributed by atoms with E-state index < -0.39 is 0 Å². The Morgan fingerprint density at radius 3 is 2.67 bits per heavy atom. The smallest absolute Gasteiger partial charge is 0.112 e. The second-order valence-electron chi connectivity index (χ2n) is 6.54. The monoisotopic (exact) mass is 248 g/mol. The SMILES string of the molecule is CC(C)(CO)c1nc(C2CCC2)n2c1CCCC2. The van der Waals surface area contributed by atoms with Crippen molar-refractivity contribution in [3.05, 3.63) is 17.2 Å². The van der Waals surface area contributed by atoms with Crippen molar-refractivity contribution in [2.75, 3.05) is 6.61 Å². The molecule has 1 aromatic heterocycles. The summed E-state index contributed by atoms with van der Waals surface area (Å²) in [7, 11) is 0. The van der Waals surface area contributed by atoms with Gasteiger partial charge in [-0.3, -0.25) is 0 Å². The molecule has 0 spiro atoms. The fraction of sp³-hybridized carbons (Fsp3) is 0.800. The van der Waals surface area contributed by atoms with Crippen molar-refractivity contribution in [1.29, 1.82) is 0 Å². The molecule has 0 atom stereocenters. The van der Waals surface area contributed by atoms with Crippen molar-refractivity contribution >= 4 is 0 Å². The molecule has 1 fully saturated rings. The fourth-order valence-corrected chi connectivity index (χ4v) is 3.17. The Kier molecular flexibility index (Phi) is 2.97. The van der Waals surface area contributed by atoms with E-state index in [1.165, 1.54) is 43.6 Å². The van der Waals surface area contributed by atoms with E-state index in [4.69, 9.17) is 4.98 Å². The molecule has 18 heavy (non-hydrogen) atoms. The van der Waals surface area contributed by atoms with E-state index in [-0.39, 0.29) is 12.0 Å². The number of imidazole rings is 1. The minimum Gasteiger partial charge on any atom is -0.395 e. The van der Waals surface area contributed by atoms with Crippen LogP contribution in [0.5, 0.6) is 0 Å². The number of aliphatic hydroxyl groups is 1. The number of hydrogen-bond acceptors (Lipinski definition) is 2. The molecule has 0 amide bonds. The van der Waals surface area contributed by atoms with E-state index in [1.54, 1.807) is 0 Å². The van der Waals surface area contributed by atoms with Gasteiger partial charge in [0.1, 0.15) is 5.82 Å². The molecule has 0 radical (unpaired) electrons. The van der Waals surface area contributed by atoms with Crippen LogP contribution in [0.3, 0.4) is 0 Å². The zero-order chi connectivity index (χ0) is 12.8. The maximum atomic E-state index is 9.62. The summed E-state index contributed by atoms with van der Waals surface area (Å²) in [5.41, 5.74) is 2.37. The van der Waals surface area contributed by atoms with Crippen LogP contribution in [0, 0.1) is 0 Å². The summed E-state index contributed by atoms with van der Waals surface area (Å²) >= 11 is 0. The first-order valence-corrected chi connectivity index (χ1v) is 7.34. The first kappa shape index (κ1) is 12.2. The molecule has 3 heteroatoms. The van der Waals surface area contributed by atoms with Gasteiger partial charge in [-0.05, 0) is 32.1 Å². The zero-order valence-electron chi connectivity index (χ0n) is 11.6. The molecule has 1 aliphatic carbocycles. The van der Waals surface area contributed by atoms with Crippen LogP contribution in [0.1, 0.15) is 69.1 Å². The van der Waals surface area contributed by atoms with Crippen LogP contribution in [-0.2, 0) is 18.4 Å². The molecule has 2 aliphatic rings. The average molecular weight is 248 g/mol. The van der Waals surface area contributed by atoms with Crippen LogP contribution in [0.15, 0.2) is 0 Å². The topological polar surface area (TPSA) is 38.1 Å². The number of aliphatic hydroxyl groups excluding tert-OH is 1. The van der Waals surface area contributed by atoms with Crippen LogP contribution in [-0.4, -0.2) is 21.3 Å². The highest BCUT2D eigenvalue weighted by atomic mass is 16.3. The van der Waals surface area contributed by atoms with Gasteiger partial charge in [0.2, 0.25) is 0 Å². The predicted octanol–water partition coefficient (Wildman–Crippen LogP) is 2.76. The highest BCUT2D eigenvalue weighted by Crippen LogP contribution is 2.39. The quantitative estimate of drug-likeness (QED) is 0.893. The lowest BCUT2D eigenvalue weighted by atomic mass is 9.84. The summed E-state index contributed by atoms with van der Waals surface area (Å²) in [6.45, 7) is 5.53. The first-order chi connectivity index (χ1) is 8.63. The molecule has 0 aromatic carbocycles. The number of rotatable bonds is 3. The van der Waals surface area contributed by atoms with Crippen LogP contribution >= 0.6 is 0 Å². The minimum atomic E-state index is -0.198. The summed E-state index contributed by atoms with van der Waals surface area (Å²) in [5, 5.41) is 9.62. The second-order valence-corrected chi connectivity index (χ2v) is 6.54. The Morgan fingerprint density at radius 2 is 2.06 bits per heavy atom. The molecule has 3 nitrogen and oxygen atoms in total. The highest BCUT2D eigenvalue weighted by Gasteiger charge is 2.33. The van der Waals surface area contributed by atoms with E-state index in [0.29, 0.717) is 5.92 Å². The van der Waals surface area contributed by atoms with Gasteiger partial charge >= 0.3 is 0 Å². The summed E-state index contributed by atoms with van der Waals surface area (Å²) in [6.07, 6.45) is 7.64. The molecule has 0 saturated heterocycles. The standard InChI is InChI=1S/C15H24N2O/c1-15(2,10-18)13-12-8-3-4-9-17(12)14(16-13)11-6-5-7-11/h11,18H,3-10H2,1-2H3. The summed E-state index contributed by atoms with van der Waals surface area (Å²) < 4.78 is 2.47. The van der Waals surface area contributed by atoms with E-state index in [2.05, 4.69) is 18.4 Å². The van der Waals surface area contributed by atoms with Crippen molar-refractivity contribution in [2.45, 2.75) is 70.3 Å². The lowest BCUT2D eigenvalue weighted by molar-refractivity contribution is 0.214. The van der Waals surface area contributed by atoms with E-state index >= 15 is 0 Å². The summed E-state index contributed by atoms with van der Waals surface area (Å²) in [5.74, 6) is 2.00. The maximum absolute atomic E-state index is 9.62. The average Bonchev–Trinajstić information content (AvgIpc) is 2.68. The van der Waals surface area contributed by atoms with Crippen LogP contribution in [0.4, 0.5) is 0 Å². The largest absolute Gasteiger partial charge is 0.395 e. The minimum absolute atomic E-state index is 0.182. The van der Waals surface area contributed by atoms with E-state index in [0.717, 1.165) is 18.7 Å². The Bertz CT molecular complexity index is 444. The zero-order valence-corrected chi connectivity index (χ0v) is 11.6. The van der Waals surface area contributed by atoms with Gasteiger partial charge in [0, 0.05) is 23.6 Å². The second kappa shape index (κ2) is 4.37. The summed E-state index contributed by atoms with van der Waals surface area (Å²) in [4.78, 5) is 4.96. The predicted molar refractivity (Wildman–Crippen MR) is 71.9 cm³/mol. The maximum Gasteiger partial charge on any atom is 0.112 e. The lowest BCUT2D eigenvalue weighted by Crippen LogP contribution is -2.25. The fourth-order valence-electron chi connectivity index (χ4n) is 3.17. The van der Waals surface area contributed by atoms with Crippen LogP contribution < -0.4 is 0 Å². The van der Waals surface area contributed by atoms with Gasteiger partial charge in [0.05, 0.1) is 12.3 Å². The molecular formula is C15H24N2O. The van der Waals surface area contributed by atoms with Crippen molar-refractivity contribution in [2.24, 2.45) is 0 Å². The van der Waals surface area contributed by atoms with Gasteiger partial charge in [0.25, 0.3) is 0 Å². The van der Waals surface area contributed by atoms with Gasteiger partial charge in [-0.2, -0.15) is 0 Å². The lowest BCUT2D eigenvalue weighted by Gasteiger charge is -2.27. The van der Waals surface area contributed by atoms with Crippen molar-refractivity contribution in [1.82, 2.24) is 9.55 Å². The van der Waals surface area contributed by atoms with Gasteiger partial charge < -0.3 is 9.67 Å². The first-order valence-electron chi connectivity index (χ1n) is 7.34. The number of hydrogen-bond donors (Lipinski definition) is 1. The third-order valence-electron chi connectivity index (χ3n) is 4.65. The Labute approximate surface area is 109 Å². The number of nitrogens with zero attached hydrogens (tertiary/aromatic N) is 2. The molecule has 2 heterocycles. The molecule has 100 valence electrons. The number of fused-ring (bicyclic) bond motifs is 1. The molecule has 1 aliphatic heterocycles. The molecular weight excluding hydrogens is 224 g/mol. The van der Waals surface area contributed by atoms with Crippen molar-refractivity contribution in [3.63, 3.8) is 0 Å². The van der Waals surface area contributed by atoms with Crippen LogP contribution in [0.2, 0.25) is 0 Å². The van der Waals surface area contributed by atoms with Gasteiger partial charge in [-0.1, -0.05) is 20.3 Å². The molecule has 1 aromatic rings. The Morgan fingerprint density at radius 1 is 1.28 bits per heavy atom. The number of aromatic nitrogens is 2. The van der Waals surface area contributed by atoms with E-state index in [1.807, 2.05) is 0 Å². The third-order valence-corrected chi connectivity index (χ3v) is 4.65. The van der Waals surface area contributed by atoms with Gasteiger partial charge in [0.15, 0.2) is 0 Å². The molecule has 3 rings (SSSR count). The van der Waals surface area contributed by atoms with Gasteiger partial charge in [-0.15, -0.1) is 0 Å². The Balaban J connectivity index is 2.06. The summed E-state index contributed by atoms with van der Waals surface area (Å²) in [6, 6.07) is 0. The van der Waals surface area contributed by atoms with E-state index in [9.17, 15) is 5.11 Å². The Hall–Kier alpha value is -0.830. The third kappa shape index (κ3) is 1.80. The molecule has 0 unspecified atom stereocenters. The van der Waals surface area contributed by atoms with Gasteiger partial charge in [-0.25, -0.2) is 4.98 Å². The highest BCUT2D eigenvalue weighted by molar-refractivity contribution is 5.28. The molecule has 1 N–H and O–H groups in total.